The summed E-state index contributed by atoms with van der Waals surface area (Å²) in [7, 11) is 1.84. The fraction of sp³-hybridized carbons (Fsp3) is 0.667. The van der Waals surface area contributed by atoms with Crippen LogP contribution in [-0.4, -0.2) is 38.1 Å². The van der Waals surface area contributed by atoms with E-state index in [1.807, 2.05) is 18.9 Å². The number of aliphatic carboxylic acids is 1. The van der Waals surface area contributed by atoms with Gasteiger partial charge < -0.3 is 9.67 Å². The average molecular weight is 272 g/mol. The fourth-order valence-electron chi connectivity index (χ4n) is 2.60. The maximum Gasteiger partial charge on any atom is 0.321 e. The van der Waals surface area contributed by atoms with Crippen LogP contribution < -0.4 is 0 Å². The molecule has 2 heterocycles. The molecule has 2 rings (SSSR count). The van der Waals surface area contributed by atoms with E-state index in [1.165, 1.54) is 0 Å². The molecule has 5 nitrogen and oxygen atoms in total. The summed E-state index contributed by atoms with van der Waals surface area (Å²) in [5.74, 6) is 0.231. The molecule has 2 atom stereocenters. The normalized spacial score (nSPS) is 25.3. The molecule has 1 N–H and O–H groups in total. The highest BCUT2D eigenvalue weighted by atomic mass is 35.5. The molecule has 0 aliphatic carbocycles. The van der Waals surface area contributed by atoms with Crippen molar-refractivity contribution in [1.82, 2.24) is 14.5 Å². The van der Waals surface area contributed by atoms with Gasteiger partial charge in [0.15, 0.2) is 0 Å². The molecule has 0 spiro atoms. The summed E-state index contributed by atoms with van der Waals surface area (Å²) < 4.78 is 1.79. The Morgan fingerprint density at radius 3 is 2.94 bits per heavy atom. The van der Waals surface area contributed by atoms with Crippen LogP contribution in [-0.2, 0) is 18.4 Å². The number of imidazole rings is 1. The Kier molecular flexibility index (Phi) is 3.92. The minimum absolute atomic E-state index is 0.173. The van der Waals surface area contributed by atoms with Crippen molar-refractivity contribution in [2.24, 2.45) is 13.0 Å². The number of carbonyl (C=O) groups is 1. The summed E-state index contributed by atoms with van der Waals surface area (Å²) in [5.41, 5.74) is 0. The second kappa shape index (κ2) is 5.28. The molecule has 100 valence electrons. The topological polar surface area (TPSA) is 58.4 Å². The Hall–Kier alpha value is -1.07. The molecule has 1 aromatic rings. The van der Waals surface area contributed by atoms with Crippen LogP contribution in [0, 0.1) is 5.92 Å². The van der Waals surface area contributed by atoms with Crippen LogP contribution in [0.2, 0.25) is 5.15 Å². The van der Waals surface area contributed by atoms with Gasteiger partial charge >= 0.3 is 5.97 Å². The van der Waals surface area contributed by atoms with Gasteiger partial charge in [-0.1, -0.05) is 18.5 Å². The molecule has 1 fully saturated rings. The molecule has 1 aliphatic rings. The van der Waals surface area contributed by atoms with Gasteiger partial charge in [0.25, 0.3) is 0 Å². The zero-order chi connectivity index (χ0) is 13.3. The fourth-order valence-corrected chi connectivity index (χ4v) is 2.75. The summed E-state index contributed by atoms with van der Waals surface area (Å²) in [6.07, 6.45) is 3.60. The molecule has 0 saturated carbocycles. The number of carboxylic acids is 1. The average Bonchev–Trinajstić information content (AvgIpc) is 2.60. The van der Waals surface area contributed by atoms with Crippen LogP contribution in [0.15, 0.2) is 6.20 Å². The van der Waals surface area contributed by atoms with E-state index in [0.29, 0.717) is 11.7 Å². The van der Waals surface area contributed by atoms with Crippen molar-refractivity contribution in [3.63, 3.8) is 0 Å². The molecule has 18 heavy (non-hydrogen) atoms. The van der Waals surface area contributed by atoms with E-state index in [0.717, 1.165) is 25.2 Å². The number of carboxylic acid groups (broad SMARTS) is 1. The summed E-state index contributed by atoms with van der Waals surface area (Å²) in [4.78, 5) is 17.6. The molecule has 1 saturated heterocycles. The highest BCUT2D eigenvalue weighted by Crippen LogP contribution is 2.25. The molecule has 1 aromatic heterocycles. The van der Waals surface area contributed by atoms with Gasteiger partial charge in [0.2, 0.25) is 0 Å². The van der Waals surface area contributed by atoms with Gasteiger partial charge in [-0.15, -0.1) is 0 Å². The van der Waals surface area contributed by atoms with Crippen molar-refractivity contribution in [3.8, 4) is 0 Å². The monoisotopic (exact) mass is 271 g/mol. The molecule has 0 bridgehead atoms. The van der Waals surface area contributed by atoms with E-state index in [9.17, 15) is 9.90 Å². The SMILES string of the molecule is CC1CCCN(Cc2ncc(Cl)n2C)C1C(=O)O. The molecule has 0 radical (unpaired) electrons. The maximum atomic E-state index is 11.4. The number of rotatable bonds is 3. The number of piperidine rings is 1. The minimum Gasteiger partial charge on any atom is -0.480 e. The predicted octanol–water partition coefficient (Wildman–Crippen LogP) is 1.76. The van der Waals surface area contributed by atoms with Crippen LogP contribution in [0.4, 0.5) is 0 Å². The Labute approximate surface area is 111 Å². The summed E-state index contributed by atoms with van der Waals surface area (Å²) >= 11 is 5.94. The van der Waals surface area contributed by atoms with Crippen LogP contribution in [0.5, 0.6) is 0 Å². The van der Waals surface area contributed by atoms with E-state index in [4.69, 9.17) is 11.6 Å². The van der Waals surface area contributed by atoms with Crippen molar-refractivity contribution in [3.05, 3.63) is 17.2 Å². The van der Waals surface area contributed by atoms with E-state index >= 15 is 0 Å². The number of hydrogen-bond donors (Lipinski definition) is 1. The lowest BCUT2D eigenvalue weighted by Gasteiger charge is -2.36. The van der Waals surface area contributed by atoms with Crippen molar-refractivity contribution in [2.75, 3.05) is 6.54 Å². The summed E-state index contributed by atoms with van der Waals surface area (Å²) in [6.45, 7) is 3.33. The van der Waals surface area contributed by atoms with Gasteiger partial charge in [0.1, 0.15) is 17.0 Å². The number of aromatic nitrogens is 2. The zero-order valence-electron chi connectivity index (χ0n) is 10.6. The molecule has 2 unspecified atom stereocenters. The van der Waals surface area contributed by atoms with Gasteiger partial charge in [0.05, 0.1) is 12.7 Å². The maximum absolute atomic E-state index is 11.4. The first-order valence-electron chi connectivity index (χ1n) is 6.13. The summed E-state index contributed by atoms with van der Waals surface area (Å²) in [6, 6.07) is -0.422. The van der Waals surface area contributed by atoms with Crippen LogP contribution >= 0.6 is 11.6 Å². The molecule has 1 aliphatic heterocycles. The Balaban J connectivity index is 2.16. The Bertz CT molecular complexity index is 447. The van der Waals surface area contributed by atoms with Crippen LogP contribution in [0.1, 0.15) is 25.6 Å². The third-order valence-electron chi connectivity index (χ3n) is 3.66. The van der Waals surface area contributed by atoms with Crippen molar-refractivity contribution in [2.45, 2.75) is 32.4 Å². The van der Waals surface area contributed by atoms with E-state index in [2.05, 4.69) is 4.98 Å². The lowest BCUT2D eigenvalue weighted by atomic mass is 9.91. The van der Waals surface area contributed by atoms with Crippen molar-refractivity contribution in [1.29, 1.82) is 0 Å². The lowest BCUT2D eigenvalue weighted by Crippen LogP contribution is -2.48. The van der Waals surface area contributed by atoms with Gasteiger partial charge in [-0.05, 0) is 25.3 Å². The number of nitrogens with zero attached hydrogens (tertiary/aromatic N) is 3. The van der Waals surface area contributed by atoms with Crippen molar-refractivity contribution < 1.29 is 9.90 Å². The first kappa shape index (κ1) is 13.4. The largest absolute Gasteiger partial charge is 0.480 e. The second-order valence-electron chi connectivity index (χ2n) is 4.93. The standard InChI is InChI=1S/C12H18ClN3O2/c1-8-4-3-5-16(11(8)12(17)18)7-10-14-6-9(13)15(10)2/h6,8,11H,3-5,7H2,1-2H3,(H,17,18). The second-order valence-corrected chi connectivity index (χ2v) is 5.32. The molecular weight excluding hydrogens is 254 g/mol. The van der Waals surface area contributed by atoms with Gasteiger partial charge in [-0.2, -0.15) is 0 Å². The minimum atomic E-state index is -0.748. The van der Waals surface area contributed by atoms with Gasteiger partial charge in [0, 0.05) is 7.05 Å². The van der Waals surface area contributed by atoms with E-state index in [1.54, 1.807) is 10.8 Å². The molecule has 0 amide bonds. The zero-order valence-corrected chi connectivity index (χ0v) is 11.4. The number of halogens is 1. The quantitative estimate of drug-likeness (QED) is 0.910. The third-order valence-corrected chi connectivity index (χ3v) is 4.01. The van der Waals surface area contributed by atoms with Crippen molar-refractivity contribution >= 4 is 17.6 Å². The number of hydrogen-bond acceptors (Lipinski definition) is 3. The van der Waals surface area contributed by atoms with Crippen LogP contribution in [0.3, 0.4) is 0 Å². The summed E-state index contributed by atoms with van der Waals surface area (Å²) in [5, 5.41) is 9.91. The smallest absolute Gasteiger partial charge is 0.321 e. The lowest BCUT2D eigenvalue weighted by molar-refractivity contribution is -0.147. The molecular formula is C12H18ClN3O2. The van der Waals surface area contributed by atoms with Crippen LogP contribution in [0.25, 0.3) is 0 Å². The van der Waals surface area contributed by atoms with Gasteiger partial charge in [-0.3, -0.25) is 9.69 Å². The number of likely N-dealkylation sites (tertiary alicyclic amines) is 1. The van der Waals surface area contributed by atoms with E-state index in [-0.39, 0.29) is 5.92 Å². The van der Waals surface area contributed by atoms with E-state index < -0.39 is 12.0 Å². The third kappa shape index (κ3) is 2.52. The highest BCUT2D eigenvalue weighted by Gasteiger charge is 2.34. The first-order valence-corrected chi connectivity index (χ1v) is 6.51. The Morgan fingerprint density at radius 2 is 2.39 bits per heavy atom. The highest BCUT2D eigenvalue weighted by molar-refractivity contribution is 6.29. The molecule has 0 aromatic carbocycles. The first-order chi connectivity index (χ1) is 8.50. The van der Waals surface area contributed by atoms with Gasteiger partial charge in [-0.25, -0.2) is 4.98 Å². The predicted molar refractivity (Wildman–Crippen MR) is 68.4 cm³/mol. The Morgan fingerprint density at radius 1 is 1.67 bits per heavy atom. The molecule has 6 heteroatoms.